The third-order valence-corrected chi connectivity index (χ3v) is 2.27. The molecule has 2 rings (SSSR count). The molecule has 0 atom stereocenters. The van der Waals surface area contributed by atoms with Crippen LogP contribution < -0.4 is 10.5 Å². The largest absolute Gasteiger partial charge is 0.496 e. The van der Waals surface area contributed by atoms with Crippen LogP contribution in [0.5, 0.6) is 5.75 Å². The van der Waals surface area contributed by atoms with Gasteiger partial charge in [0.25, 0.3) is 0 Å². The van der Waals surface area contributed by atoms with Crippen molar-refractivity contribution in [2.45, 2.75) is 6.54 Å². The van der Waals surface area contributed by atoms with Gasteiger partial charge in [0.2, 0.25) is 0 Å². The Morgan fingerprint density at radius 3 is 2.81 bits per heavy atom. The van der Waals surface area contributed by atoms with Gasteiger partial charge in [0.1, 0.15) is 11.6 Å². The van der Waals surface area contributed by atoms with Gasteiger partial charge in [0.05, 0.1) is 19.3 Å². The molecule has 1 heterocycles. The summed E-state index contributed by atoms with van der Waals surface area (Å²) >= 11 is 0. The third kappa shape index (κ3) is 2.01. The van der Waals surface area contributed by atoms with Crippen molar-refractivity contribution in [2.24, 2.45) is 5.73 Å². The lowest BCUT2D eigenvalue weighted by Crippen LogP contribution is -2.03. The van der Waals surface area contributed by atoms with Crippen LogP contribution in [-0.4, -0.2) is 17.1 Å². The summed E-state index contributed by atoms with van der Waals surface area (Å²) in [6, 6.07) is 9.58. The van der Waals surface area contributed by atoms with Crippen molar-refractivity contribution in [1.82, 2.24) is 9.97 Å². The van der Waals surface area contributed by atoms with Gasteiger partial charge in [-0.3, -0.25) is 0 Å². The fourth-order valence-corrected chi connectivity index (χ4v) is 1.50. The molecule has 2 N–H and O–H groups in total. The second kappa shape index (κ2) is 4.72. The highest BCUT2D eigenvalue weighted by atomic mass is 16.5. The van der Waals surface area contributed by atoms with E-state index in [1.165, 1.54) is 0 Å². The molecule has 82 valence electrons. The number of rotatable bonds is 3. The molecule has 0 spiro atoms. The van der Waals surface area contributed by atoms with E-state index in [-0.39, 0.29) is 0 Å². The molecule has 0 aliphatic rings. The molecule has 1 aromatic heterocycles. The van der Waals surface area contributed by atoms with Crippen LogP contribution in [0.1, 0.15) is 5.82 Å². The summed E-state index contributed by atoms with van der Waals surface area (Å²) in [6.45, 7) is 0.336. The SMILES string of the molecule is COc1ccccc1-c1ccnc(CN)n1. The van der Waals surface area contributed by atoms with Crippen LogP contribution in [0, 0.1) is 0 Å². The Hall–Kier alpha value is -1.94. The lowest BCUT2D eigenvalue weighted by Gasteiger charge is -2.07. The Morgan fingerprint density at radius 2 is 2.06 bits per heavy atom. The highest BCUT2D eigenvalue weighted by Gasteiger charge is 2.06. The Bertz CT molecular complexity index is 485. The fraction of sp³-hybridized carbons (Fsp3) is 0.167. The molecule has 1 aromatic carbocycles. The maximum atomic E-state index is 5.51. The number of methoxy groups -OCH3 is 1. The van der Waals surface area contributed by atoms with Crippen molar-refractivity contribution in [3.8, 4) is 17.0 Å². The van der Waals surface area contributed by atoms with Crippen LogP contribution in [0.25, 0.3) is 11.3 Å². The summed E-state index contributed by atoms with van der Waals surface area (Å²) in [5.41, 5.74) is 7.28. The second-order valence-corrected chi connectivity index (χ2v) is 3.26. The van der Waals surface area contributed by atoms with Crippen molar-refractivity contribution in [3.05, 3.63) is 42.4 Å². The molecule has 4 nitrogen and oxygen atoms in total. The van der Waals surface area contributed by atoms with Gasteiger partial charge >= 0.3 is 0 Å². The zero-order valence-corrected chi connectivity index (χ0v) is 9.05. The normalized spacial score (nSPS) is 10.1. The number of benzene rings is 1. The molecule has 0 aliphatic heterocycles. The molecule has 0 fully saturated rings. The number of nitrogens with zero attached hydrogens (tertiary/aromatic N) is 2. The second-order valence-electron chi connectivity index (χ2n) is 3.26. The van der Waals surface area contributed by atoms with Gasteiger partial charge in [-0.25, -0.2) is 9.97 Å². The molecular weight excluding hydrogens is 202 g/mol. The van der Waals surface area contributed by atoms with E-state index in [9.17, 15) is 0 Å². The molecule has 0 aliphatic carbocycles. The molecule has 16 heavy (non-hydrogen) atoms. The predicted molar refractivity (Wildman–Crippen MR) is 61.9 cm³/mol. The van der Waals surface area contributed by atoms with Gasteiger partial charge in [-0.2, -0.15) is 0 Å². The van der Waals surface area contributed by atoms with Crippen LogP contribution in [-0.2, 0) is 6.54 Å². The Morgan fingerprint density at radius 1 is 1.25 bits per heavy atom. The quantitative estimate of drug-likeness (QED) is 0.845. The Labute approximate surface area is 94.1 Å². The topological polar surface area (TPSA) is 61.0 Å². The summed E-state index contributed by atoms with van der Waals surface area (Å²) in [6.07, 6.45) is 1.71. The first-order valence-corrected chi connectivity index (χ1v) is 5.00. The van der Waals surface area contributed by atoms with Crippen molar-refractivity contribution >= 4 is 0 Å². The molecule has 0 amide bonds. The van der Waals surface area contributed by atoms with Crippen LogP contribution in [0.2, 0.25) is 0 Å². The van der Waals surface area contributed by atoms with E-state index in [1.54, 1.807) is 13.3 Å². The van der Waals surface area contributed by atoms with Gasteiger partial charge in [0.15, 0.2) is 0 Å². The van der Waals surface area contributed by atoms with Crippen molar-refractivity contribution < 1.29 is 4.74 Å². The number of aromatic nitrogens is 2. The van der Waals surface area contributed by atoms with Crippen molar-refractivity contribution in [1.29, 1.82) is 0 Å². The minimum atomic E-state index is 0.336. The highest BCUT2D eigenvalue weighted by molar-refractivity contribution is 5.66. The maximum absolute atomic E-state index is 5.51. The third-order valence-electron chi connectivity index (χ3n) is 2.27. The molecule has 4 heteroatoms. The lowest BCUT2D eigenvalue weighted by molar-refractivity contribution is 0.416. The van der Waals surface area contributed by atoms with Gasteiger partial charge in [0, 0.05) is 11.8 Å². The van der Waals surface area contributed by atoms with Crippen LogP contribution in [0.4, 0.5) is 0 Å². The number of ether oxygens (including phenoxy) is 1. The van der Waals surface area contributed by atoms with E-state index >= 15 is 0 Å². The van der Waals surface area contributed by atoms with E-state index in [4.69, 9.17) is 10.5 Å². The molecule has 0 saturated carbocycles. The average Bonchev–Trinajstić information content (AvgIpc) is 2.38. The zero-order chi connectivity index (χ0) is 11.4. The Balaban J connectivity index is 2.49. The van der Waals surface area contributed by atoms with Crippen LogP contribution in [0.3, 0.4) is 0 Å². The lowest BCUT2D eigenvalue weighted by atomic mass is 10.1. The Kier molecular flexibility index (Phi) is 3.12. The van der Waals surface area contributed by atoms with Gasteiger partial charge in [-0.15, -0.1) is 0 Å². The van der Waals surface area contributed by atoms with Gasteiger partial charge < -0.3 is 10.5 Å². The minimum absolute atomic E-state index is 0.336. The molecule has 0 saturated heterocycles. The van der Waals surface area contributed by atoms with E-state index in [0.717, 1.165) is 17.0 Å². The molecule has 2 aromatic rings. The summed E-state index contributed by atoms with van der Waals surface area (Å²) in [5.74, 6) is 1.42. The van der Waals surface area contributed by atoms with E-state index in [1.807, 2.05) is 30.3 Å². The van der Waals surface area contributed by atoms with E-state index in [0.29, 0.717) is 12.4 Å². The first kappa shape index (κ1) is 10.6. The van der Waals surface area contributed by atoms with Crippen LogP contribution >= 0.6 is 0 Å². The predicted octanol–water partition coefficient (Wildman–Crippen LogP) is 1.61. The summed E-state index contributed by atoms with van der Waals surface area (Å²) in [5, 5.41) is 0. The van der Waals surface area contributed by atoms with Gasteiger partial charge in [-0.1, -0.05) is 12.1 Å². The van der Waals surface area contributed by atoms with Crippen molar-refractivity contribution in [2.75, 3.05) is 7.11 Å². The molecular formula is C12H13N3O. The average molecular weight is 215 g/mol. The monoisotopic (exact) mass is 215 g/mol. The molecule has 0 bridgehead atoms. The standard InChI is InChI=1S/C12H13N3O/c1-16-11-5-3-2-4-9(11)10-6-7-14-12(8-13)15-10/h2-7H,8,13H2,1H3. The van der Waals surface area contributed by atoms with Gasteiger partial charge in [-0.05, 0) is 18.2 Å². The molecule has 0 unspecified atom stereocenters. The van der Waals surface area contributed by atoms with E-state index < -0.39 is 0 Å². The first-order chi connectivity index (χ1) is 7.85. The van der Waals surface area contributed by atoms with Crippen molar-refractivity contribution in [3.63, 3.8) is 0 Å². The summed E-state index contributed by atoms with van der Waals surface area (Å²) in [4.78, 5) is 8.42. The number of nitrogens with two attached hydrogens (primary N) is 1. The van der Waals surface area contributed by atoms with E-state index in [2.05, 4.69) is 9.97 Å². The summed E-state index contributed by atoms with van der Waals surface area (Å²) in [7, 11) is 1.64. The smallest absolute Gasteiger partial charge is 0.142 e. The fourth-order valence-electron chi connectivity index (χ4n) is 1.50. The number of para-hydroxylation sites is 1. The summed E-state index contributed by atoms with van der Waals surface area (Å²) < 4.78 is 5.28. The first-order valence-electron chi connectivity index (χ1n) is 5.00. The zero-order valence-electron chi connectivity index (χ0n) is 9.05. The minimum Gasteiger partial charge on any atom is -0.496 e. The maximum Gasteiger partial charge on any atom is 0.142 e. The number of hydrogen-bond acceptors (Lipinski definition) is 4. The highest BCUT2D eigenvalue weighted by Crippen LogP contribution is 2.27. The number of hydrogen-bond donors (Lipinski definition) is 1. The molecule has 0 radical (unpaired) electrons. The van der Waals surface area contributed by atoms with Crippen LogP contribution in [0.15, 0.2) is 36.5 Å².